The zero-order valence-electron chi connectivity index (χ0n) is 10.7. The van der Waals surface area contributed by atoms with Gasteiger partial charge in [-0.3, -0.25) is 0 Å². The summed E-state index contributed by atoms with van der Waals surface area (Å²) in [4.78, 5) is 1.06. The van der Waals surface area contributed by atoms with Crippen LogP contribution >= 0.6 is 23.4 Å². The SMILES string of the molecule is CCCCn1nnnc1CSc1ccc(N)c(Cl)c1. The highest BCUT2D eigenvalue weighted by Gasteiger charge is 2.07. The lowest BCUT2D eigenvalue weighted by molar-refractivity contribution is 0.540. The molecule has 7 heteroatoms. The predicted octanol–water partition coefficient (Wildman–Crippen LogP) is 3.00. The highest BCUT2D eigenvalue weighted by Crippen LogP contribution is 2.28. The van der Waals surface area contributed by atoms with Gasteiger partial charge in [-0.2, -0.15) is 0 Å². The van der Waals surface area contributed by atoms with Gasteiger partial charge >= 0.3 is 0 Å². The van der Waals surface area contributed by atoms with Crippen LogP contribution < -0.4 is 5.73 Å². The predicted molar refractivity (Wildman–Crippen MR) is 78.2 cm³/mol. The summed E-state index contributed by atoms with van der Waals surface area (Å²) in [5, 5.41) is 12.3. The van der Waals surface area contributed by atoms with Crippen molar-refractivity contribution in [3.8, 4) is 0 Å². The minimum absolute atomic E-state index is 0.579. The van der Waals surface area contributed by atoms with E-state index in [0.29, 0.717) is 10.7 Å². The molecular weight excluding hydrogens is 282 g/mol. The standard InChI is InChI=1S/C12H16ClN5S/c1-2-3-6-18-12(15-16-17-18)8-19-9-4-5-11(14)10(13)7-9/h4-5,7H,2-3,6,8,14H2,1H3. The molecular formula is C12H16ClN5S. The smallest absolute Gasteiger partial charge is 0.161 e. The first-order chi connectivity index (χ1) is 9.20. The Labute approximate surface area is 121 Å². The fraction of sp³-hybridized carbons (Fsp3) is 0.417. The molecule has 0 bridgehead atoms. The van der Waals surface area contributed by atoms with Crippen molar-refractivity contribution in [1.82, 2.24) is 20.2 Å². The van der Waals surface area contributed by atoms with Gasteiger partial charge in [0.25, 0.3) is 0 Å². The number of thioether (sulfide) groups is 1. The largest absolute Gasteiger partial charge is 0.398 e. The number of anilines is 1. The molecule has 19 heavy (non-hydrogen) atoms. The highest BCUT2D eigenvalue weighted by molar-refractivity contribution is 7.98. The molecule has 0 saturated heterocycles. The molecule has 0 aliphatic heterocycles. The first-order valence-electron chi connectivity index (χ1n) is 6.13. The van der Waals surface area contributed by atoms with Crippen molar-refractivity contribution in [2.24, 2.45) is 0 Å². The van der Waals surface area contributed by atoms with Gasteiger partial charge in [0, 0.05) is 11.4 Å². The Morgan fingerprint density at radius 1 is 1.42 bits per heavy atom. The molecule has 0 saturated carbocycles. The third-order valence-electron chi connectivity index (χ3n) is 2.67. The van der Waals surface area contributed by atoms with Gasteiger partial charge in [-0.1, -0.05) is 24.9 Å². The Hall–Kier alpha value is -1.27. The number of nitrogens with two attached hydrogens (primary N) is 1. The molecule has 0 aliphatic carbocycles. The third kappa shape index (κ3) is 3.84. The monoisotopic (exact) mass is 297 g/mol. The quantitative estimate of drug-likeness (QED) is 0.655. The number of aryl methyl sites for hydroxylation is 1. The molecule has 102 valence electrons. The van der Waals surface area contributed by atoms with E-state index in [1.54, 1.807) is 11.8 Å². The van der Waals surface area contributed by atoms with Crippen molar-refractivity contribution in [2.45, 2.75) is 37.0 Å². The third-order valence-corrected chi connectivity index (χ3v) is 3.99. The van der Waals surface area contributed by atoms with Gasteiger partial charge in [-0.05, 0) is 35.0 Å². The number of hydrogen-bond donors (Lipinski definition) is 1. The van der Waals surface area contributed by atoms with E-state index in [1.807, 2.05) is 22.9 Å². The van der Waals surface area contributed by atoms with Crippen LogP contribution in [0.2, 0.25) is 5.02 Å². The summed E-state index contributed by atoms with van der Waals surface area (Å²) < 4.78 is 1.86. The van der Waals surface area contributed by atoms with Gasteiger partial charge < -0.3 is 5.73 Å². The highest BCUT2D eigenvalue weighted by atomic mass is 35.5. The van der Waals surface area contributed by atoms with Crippen molar-refractivity contribution < 1.29 is 0 Å². The van der Waals surface area contributed by atoms with Crippen LogP contribution in [0, 0.1) is 0 Å². The van der Waals surface area contributed by atoms with Crippen molar-refractivity contribution in [2.75, 3.05) is 5.73 Å². The number of halogens is 1. The lowest BCUT2D eigenvalue weighted by Crippen LogP contribution is -2.04. The molecule has 0 spiro atoms. The number of hydrogen-bond acceptors (Lipinski definition) is 5. The second-order valence-corrected chi connectivity index (χ2v) is 5.60. The first-order valence-corrected chi connectivity index (χ1v) is 7.50. The number of nitrogens with zero attached hydrogens (tertiary/aromatic N) is 4. The summed E-state index contributed by atoms with van der Waals surface area (Å²) in [5.41, 5.74) is 6.28. The fourth-order valence-electron chi connectivity index (χ4n) is 1.55. The molecule has 0 amide bonds. The maximum absolute atomic E-state index is 5.99. The second-order valence-electron chi connectivity index (χ2n) is 4.14. The number of tetrazole rings is 1. The van der Waals surface area contributed by atoms with Crippen LogP contribution in [0.3, 0.4) is 0 Å². The molecule has 0 unspecified atom stereocenters. The van der Waals surface area contributed by atoms with E-state index in [9.17, 15) is 0 Å². The van der Waals surface area contributed by atoms with E-state index in [-0.39, 0.29) is 0 Å². The maximum Gasteiger partial charge on any atom is 0.161 e. The Morgan fingerprint density at radius 3 is 3.00 bits per heavy atom. The van der Waals surface area contributed by atoms with Gasteiger partial charge in [-0.15, -0.1) is 16.9 Å². The fourth-order valence-corrected chi connectivity index (χ4v) is 2.67. The van der Waals surface area contributed by atoms with Crippen molar-refractivity contribution in [1.29, 1.82) is 0 Å². The number of aromatic nitrogens is 4. The Balaban J connectivity index is 1.98. The molecule has 5 nitrogen and oxygen atoms in total. The summed E-state index contributed by atoms with van der Waals surface area (Å²) in [6, 6.07) is 5.62. The lowest BCUT2D eigenvalue weighted by atomic mass is 10.3. The van der Waals surface area contributed by atoms with Crippen molar-refractivity contribution in [3.05, 3.63) is 29.0 Å². The van der Waals surface area contributed by atoms with Gasteiger partial charge in [0.05, 0.1) is 16.5 Å². The van der Waals surface area contributed by atoms with E-state index in [1.165, 1.54) is 0 Å². The molecule has 0 radical (unpaired) electrons. The number of rotatable bonds is 6. The van der Waals surface area contributed by atoms with E-state index < -0.39 is 0 Å². The maximum atomic E-state index is 5.99. The van der Waals surface area contributed by atoms with Crippen LogP contribution in [-0.4, -0.2) is 20.2 Å². The van der Waals surface area contributed by atoms with Crippen LogP contribution in [0.4, 0.5) is 5.69 Å². The molecule has 1 aromatic carbocycles. The molecule has 0 atom stereocenters. The molecule has 0 aliphatic rings. The van der Waals surface area contributed by atoms with Crippen LogP contribution in [0.15, 0.2) is 23.1 Å². The molecule has 2 N–H and O–H groups in total. The summed E-state index contributed by atoms with van der Waals surface area (Å²) in [6.45, 7) is 3.01. The van der Waals surface area contributed by atoms with Crippen LogP contribution in [0.25, 0.3) is 0 Å². The Morgan fingerprint density at radius 2 is 2.26 bits per heavy atom. The zero-order valence-corrected chi connectivity index (χ0v) is 12.3. The second kappa shape index (κ2) is 6.77. The molecule has 2 rings (SSSR count). The molecule has 1 aromatic heterocycles. The van der Waals surface area contributed by atoms with Crippen LogP contribution in [0.5, 0.6) is 0 Å². The zero-order chi connectivity index (χ0) is 13.7. The molecule has 1 heterocycles. The Kier molecular flexibility index (Phi) is 5.04. The summed E-state index contributed by atoms with van der Waals surface area (Å²) in [6.07, 6.45) is 2.20. The average molecular weight is 298 g/mol. The average Bonchev–Trinajstić information content (AvgIpc) is 2.85. The molecule has 2 aromatic rings. The van der Waals surface area contributed by atoms with E-state index >= 15 is 0 Å². The van der Waals surface area contributed by atoms with Gasteiger partial charge in [0.2, 0.25) is 0 Å². The van der Waals surface area contributed by atoms with Crippen LogP contribution in [-0.2, 0) is 12.3 Å². The van der Waals surface area contributed by atoms with Crippen molar-refractivity contribution in [3.63, 3.8) is 0 Å². The minimum atomic E-state index is 0.579. The minimum Gasteiger partial charge on any atom is -0.398 e. The number of unbranched alkanes of at least 4 members (excludes halogenated alkanes) is 1. The summed E-state index contributed by atoms with van der Waals surface area (Å²) in [5.74, 6) is 1.60. The van der Waals surface area contributed by atoms with Gasteiger partial charge in [0.15, 0.2) is 5.82 Å². The number of nitrogen functional groups attached to an aromatic ring is 1. The van der Waals surface area contributed by atoms with Crippen LogP contribution in [0.1, 0.15) is 25.6 Å². The first kappa shape index (κ1) is 14.1. The van der Waals surface area contributed by atoms with E-state index in [2.05, 4.69) is 22.4 Å². The van der Waals surface area contributed by atoms with Gasteiger partial charge in [-0.25, -0.2) is 4.68 Å². The topological polar surface area (TPSA) is 69.6 Å². The van der Waals surface area contributed by atoms with E-state index in [4.69, 9.17) is 17.3 Å². The number of benzene rings is 1. The van der Waals surface area contributed by atoms with E-state index in [0.717, 1.165) is 35.9 Å². The summed E-state index contributed by atoms with van der Waals surface area (Å²) in [7, 11) is 0. The molecule has 0 fully saturated rings. The lowest BCUT2D eigenvalue weighted by Gasteiger charge is -2.05. The normalized spacial score (nSPS) is 10.8. The Bertz CT molecular complexity index is 543. The van der Waals surface area contributed by atoms with Gasteiger partial charge in [0.1, 0.15) is 0 Å². The summed E-state index contributed by atoms with van der Waals surface area (Å²) >= 11 is 7.64. The van der Waals surface area contributed by atoms with Crippen molar-refractivity contribution >= 4 is 29.1 Å².